The minimum absolute atomic E-state index is 0.303. The fourth-order valence-electron chi connectivity index (χ4n) is 2.49. The van der Waals surface area contributed by atoms with Crippen molar-refractivity contribution in [2.24, 2.45) is 10.3 Å². The second-order valence-electron chi connectivity index (χ2n) is 5.24. The predicted molar refractivity (Wildman–Crippen MR) is 94.2 cm³/mol. The fourth-order valence-corrected chi connectivity index (χ4v) is 3.37. The Bertz CT molecular complexity index is 753. The van der Waals surface area contributed by atoms with Crippen molar-refractivity contribution in [3.8, 4) is 5.75 Å². The first-order valence-electron chi connectivity index (χ1n) is 7.84. The quantitative estimate of drug-likeness (QED) is 0.662. The first kappa shape index (κ1) is 16.6. The van der Waals surface area contributed by atoms with E-state index in [4.69, 9.17) is 9.47 Å². The number of nitrogens with zero attached hydrogens (tertiary/aromatic N) is 3. The summed E-state index contributed by atoms with van der Waals surface area (Å²) in [7, 11) is 1.60. The zero-order valence-electron chi connectivity index (χ0n) is 13.7. The van der Waals surface area contributed by atoms with Gasteiger partial charge in [-0.15, -0.1) is 5.11 Å². The lowest BCUT2D eigenvalue weighted by Crippen LogP contribution is -2.27. The van der Waals surface area contributed by atoms with Crippen LogP contribution in [0.3, 0.4) is 0 Å². The Morgan fingerprint density at radius 2 is 2.17 bits per heavy atom. The van der Waals surface area contributed by atoms with E-state index in [-0.39, 0.29) is 0 Å². The highest BCUT2D eigenvalue weighted by Gasteiger charge is 2.20. The molecule has 128 valence electrons. The standard InChI is InChI=1S/C16H20N4O3S/c1-3-23-16(21)15-14(18-19-20-6-8-24-9-7-20)12-10-11(22-2)4-5-13(12)17-15/h4-5,10,17H,3,6-9H2,1-2H3. The molecule has 0 unspecified atom stereocenters. The summed E-state index contributed by atoms with van der Waals surface area (Å²) in [5.74, 6) is 2.33. The molecule has 1 aliphatic rings. The van der Waals surface area contributed by atoms with Gasteiger partial charge in [0.05, 0.1) is 13.7 Å². The van der Waals surface area contributed by atoms with E-state index < -0.39 is 5.97 Å². The lowest BCUT2D eigenvalue weighted by Gasteiger charge is -2.21. The molecule has 0 aliphatic carbocycles. The maximum absolute atomic E-state index is 12.2. The predicted octanol–water partition coefficient (Wildman–Crippen LogP) is 3.40. The molecule has 8 heteroatoms. The topological polar surface area (TPSA) is 79.3 Å². The van der Waals surface area contributed by atoms with E-state index in [9.17, 15) is 4.79 Å². The monoisotopic (exact) mass is 348 g/mol. The number of aromatic amines is 1. The molecule has 0 spiro atoms. The van der Waals surface area contributed by atoms with Gasteiger partial charge in [-0.05, 0) is 25.1 Å². The number of hydrogen-bond donors (Lipinski definition) is 1. The van der Waals surface area contributed by atoms with Crippen LogP contribution >= 0.6 is 11.8 Å². The van der Waals surface area contributed by atoms with Crippen LogP contribution in [0.5, 0.6) is 5.75 Å². The van der Waals surface area contributed by atoms with Crippen molar-refractivity contribution in [3.63, 3.8) is 0 Å². The Kier molecular flexibility index (Phi) is 5.24. The van der Waals surface area contributed by atoms with Gasteiger partial charge in [0.15, 0.2) is 5.69 Å². The van der Waals surface area contributed by atoms with Gasteiger partial charge in [0.2, 0.25) is 0 Å². The maximum atomic E-state index is 12.2. The van der Waals surface area contributed by atoms with E-state index in [1.807, 2.05) is 35.0 Å². The van der Waals surface area contributed by atoms with Crippen LogP contribution in [0.15, 0.2) is 28.5 Å². The van der Waals surface area contributed by atoms with Crippen LogP contribution in [0, 0.1) is 0 Å². The third-order valence-electron chi connectivity index (χ3n) is 3.72. The number of ether oxygens (including phenoxy) is 2. The molecule has 7 nitrogen and oxygen atoms in total. The molecule has 1 N–H and O–H groups in total. The minimum atomic E-state index is -0.434. The third kappa shape index (κ3) is 3.48. The second kappa shape index (κ2) is 7.57. The van der Waals surface area contributed by atoms with Crippen molar-refractivity contribution in [2.75, 3.05) is 38.3 Å². The molecule has 0 atom stereocenters. The number of benzene rings is 1. The smallest absolute Gasteiger partial charge is 0.357 e. The second-order valence-corrected chi connectivity index (χ2v) is 6.46. The molecule has 1 aromatic carbocycles. The Balaban J connectivity index is 2.01. The Labute approximate surface area is 144 Å². The van der Waals surface area contributed by atoms with E-state index in [0.29, 0.717) is 23.7 Å². The molecule has 2 heterocycles. The van der Waals surface area contributed by atoms with Gasteiger partial charge in [0, 0.05) is 35.5 Å². The van der Waals surface area contributed by atoms with Crippen LogP contribution in [-0.4, -0.2) is 54.3 Å². The summed E-state index contributed by atoms with van der Waals surface area (Å²) in [5.41, 5.74) is 1.60. The molecule has 1 fully saturated rings. The Hall–Kier alpha value is -2.22. The number of esters is 1. The van der Waals surface area contributed by atoms with Gasteiger partial charge in [-0.1, -0.05) is 5.22 Å². The number of aromatic nitrogens is 1. The summed E-state index contributed by atoms with van der Waals surface area (Å²) in [6, 6.07) is 5.53. The molecule has 24 heavy (non-hydrogen) atoms. The SMILES string of the molecule is CCOC(=O)c1[nH]c2ccc(OC)cc2c1N=NN1CCSCC1. The summed E-state index contributed by atoms with van der Waals surface area (Å²) >= 11 is 1.90. The van der Waals surface area contributed by atoms with Crippen LogP contribution in [0.4, 0.5) is 5.69 Å². The highest BCUT2D eigenvalue weighted by Crippen LogP contribution is 2.34. The number of nitrogens with one attached hydrogen (secondary N) is 1. The maximum Gasteiger partial charge on any atom is 0.357 e. The van der Waals surface area contributed by atoms with Gasteiger partial charge in [0.25, 0.3) is 0 Å². The van der Waals surface area contributed by atoms with Crippen molar-refractivity contribution in [1.82, 2.24) is 9.99 Å². The third-order valence-corrected chi connectivity index (χ3v) is 4.66. The van der Waals surface area contributed by atoms with E-state index >= 15 is 0 Å². The van der Waals surface area contributed by atoms with Gasteiger partial charge in [-0.25, -0.2) is 4.79 Å². The molecular weight excluding hydrogens is 328 g/mol. The first-order valence-corrected chi connectivity index (χ1v) is 8.99. The summed E-state index contributed by atoms with van der Waals surface area (Å²) in [6.45, 7) is 3.79. The number of fused-ring (bicyclic) bond motifs is 1. The van der Waals surface area contributed by atoms with E-state index in [2.05, 4.69) is 15.3 Å². The average Bonchev–Trinajstić information content (AvgIpc) is 2.98. The fraction of sp³-hybridized carbons (Fsp3) is 0.438. The molecule has 0 saturated carbocycles. The first-order chi connectivity index (χ1) is 11.7. The number of thioether (sulfide) groups is 1. The van der Waals surface area contributed by atoms with Crippen molar-refractivity contribution in [1.29, 1.82) is 0 Å². The molecule has 1 aromatic heterocycles. The molecule has 0 bridgehead atoms. The normalized spacial score (nSPS) is 15.2. The van der Waals surface area contributed by atoms with Gasteiger partial charge in [-0.3, -0.25) is 5.01 Å². The Morgan fingerprint density at radius 3 is 2.88 bits per heavy atom. The van der Waals surface area contributed by atoms with Crippen molar-refractivity contribution in [2.45, 2.75) is 6.92 Å². The number of methoxy groups -OCH3 is 1. The van der Waals surface area contributed by atoms with Crippen LogP contribution in [0.25, 0.3) is 10.9 Å². The number of H-pyrrole nitrogens is 1. The molecule has 0 radical (unpaired) electrons. The summed E-state index contributed by atoms with van der Waals surface area (Å²) in [4.78, 5) is 15.3. The molecular formula is C16H20N4O3S. The molecule has 0 amide bonds. The van der Waals surface area contributed by atoms with Crippen molar-refractivity contribution >= 4 is 34.3 Å². The molecule has 1 saturated heterocycles. The highest BCUT2D eigenvalue weighted by molar-refractivity contribution is 7.99. The van der Waals surface area contributed by atoms with Crippen LogP contribution in [0.1, 0.15) is 17.4 Å². The highest BCUT2D eigenvalue weighted by atomic mass is 32.2. The Morgan fingerprint density at radius 1 is 1.38 bits per heavy atom. The molecule has 1 aliphatic heterocycles. The van der Waals surface area contributed by atoms with Gasteiger partial charge >= 0.3 is 5.97 Å². The average molecular weight is 348 g/mol. The molecule has 2 aromatic rings. The van der Waals surface area contributed by atoms with E-state index in [1.165, 1.54) is 0 Å². The van der Waals surface area contributed by atoms with E-state index in [0.717, 1.165) is 35.5 Å². The summed E-state index contributed by atoms with van der Waals surface area (Å²) in [5, 5.41) is 11.4. The summed E-state index contributed by atoms with van der Waals surface area (Å²) in [6.07, 6.45) is 0. The van der Waals surface area contributed by atoms with Crippen molar-refractivity contribution < 1.29 is 14.3 Å². The lowest BCUT2D eigenvalue weighted by atomic mass is 10.2. The van der Waals surface area contributed by atoms with Gasteiger partial charge in [-0.2, -0.15) is 11.8 Å². The van der Waals surface area contributed by atoms with Gasteiger partial charge < -0.3 is 14.5 Å². The van der Waals surface area contributed by atoms with Crippen LogP contribution in [-0.2, 0) is 4.74 Å². The zero-order chi connectivity index (χ0) is 16.9. The minimum Gasteiger partial charge on any atom is -0.497 e. The van der Waals surface area contributed by atoms with Gasteiger partial charge in [0.1, 0.15) is 11.4 Å². The number of hydrogen-bond acceptors (Lipinski definition) is 6. The van der Waals surface area contributed by atoms with Crippen LogP contribution < -0.4 is 4.74 Å². The van der Waals surface area contributed by atoms with Crippen LogP contribution in [0.2, 0.25) is 0 Å². The number of rotatable bonds is 5. The zero-order valence-corrected chi connectivity index (χ0v) is 14.6. The number of carbonyl (C=O) groups is 1. The molecule has 3 rings (SSSR count). The lowest BCUT2D eigenvalue weighted by molar-refractivity contribution is 0.0521. The summed E-state index contributed by atoms with van der Waals surface area (Å²) < 4.78 is 10.4. The van der Waals surface area contributed by atoms with E-state index in [1.54, 1.807) is 14.0 Å². The number of carbonyl (C=O) groups excluding carboxylic acids is 1. The largest absolute Gasteiger partial charge is 0.497 e. The van der Waals surface area contributed by atoms with Crippen molar-refractivity contribution in [3.05, 3.63) is 23.9 Å².